The van der Waals surface area contributed by atoms with Crippen LogP contribution in [0.15, 0.2) is 83.3 Å². The highest BCUT2D eigenvalue weighted by Gasteiger charge is 2.18. The first-order chi connectivity index (χ1) is 15.5. The minimum Gasteiger partial charge on any atom is -0.436 e. The SMILES string of the molecule is Cc1c(C(=O)Nc2cccc(-c3nc4c(ccc5ccccc54)o3)c2)cccc1[N+](=O)[O-]. The van der Waals surface area contributed by atoms with Crippen LogP contribution in [0.1, 0.15) is 15.9 Å². The van der Waals surface area contributed by atoms with E-state index in [9.17, 15) is 14.9 Å². The molecule has 0 radical (unpaired) electrons. The molecule has 5 rings (SSSR count). The Morgan fingerprint density at radius 2 is 1.81 bits per heavy atom. The third-order valence-electron chi connectivity index (χ3n) is 5.40. The minimum absolute atomic E-state index is 0.0925. The van der Waals surface area contributed by atoms with Crippen molar-refractivity contribution in [2.75, 3.05) is 5.32 Å². The van der Waals surface area contributed by atoms with E-state index >= 15 is 0 Å². The van der Waals surface area contributed by atoms with Crippen LogP contribution in [0, 0.1) is 17.0 Å². The maximum absolute atomic E-state index is 12.8. The van der Waals surface area contributed by atoms with Gasteiger partial charge < -0.3 is 9.73 Å². The van der Waals surface area contributed by atoms with Gasteiger partial charge in [-0.15, -0.1) is 0 Å². The second-order valence-corrected chi connectivity index (χ2v) is 7.39. The van der Waals surface area contributed by atoms with Gasteiger partial charge in [-0.2, -0.15) is 0 Å². The first-order valence-corrected chi connectivity index (χ1v) is 9.95. The van der Waals surface area contributed by atoms with Gasteiger partial charge in [0.05, 0.1) is 4.92 Å². The average Bonchev–Trinajstić information content (AvgIpc) is 3.24. The maximum atomic E-state index is 12.8. The zero-order valence-corrected chi connectivity index (χ0v) is 17.0. The van der Waals surface area contributed by atoms with Crippen LogP contribution in [0.5, 0.6) is 0 Å². The van der Waals surface area contributed by atoms with Gasteiger partial charge in [0, 0.05) is 33.8 Å². The van der Waals surface area contributed by atoms with Crippen LogP contribution in [-0.2, 0) is 0 Å². The number of nitro benzene ring substituents is 1. The number of aromatic nitrogens is 1. The number of carbonyl (C=O) groups excluding carboxylic acids is 1. The molecule has 0 bridgehead atoms. The Labute approximate surface area is 182 Å². The minimum atomic E-state index is -0.496. The Kier molecular flexibility index (Phi) is 4.63. The van der Waals surface area contributed by atoms with Crippen LogP contribution in [0.3, 0.4) is 0 Å². The van der Waals surface area contributed by atoms with E-state index in [0.717, 1.165) is 16.3 Å². The van der Waals surface area contributed by atoms with Gasteiger partial charge >= 0.3 is 0 Å². The van der Waals surface area contributed by atoms with Crippen LogP contribution in [0.2, 0.25) is 0 Å². The lowest BCUT2D eigenvalue weighted by atomic mass is 10.1. The summed E-state index contributed by atoms with van der Waals surface area (Å²) in [6, 6.07) is 23.4. The summed E-state index contributed by atoms with van der Waals surface area (Å²) in [4.78, 5) is 28.1. The van der Waals surface area contributed by atoms with E-state index in [2.05, 4.69) is 10.3 Å². The number of hydrogen-bond acceptors (Lipinski definition) is 5. The molecule has 0 saturated heterocycles. The van der Waals surface area contributed by atoms with Gasteiger partial charge in [-0.3, -0.25) is 14.9 Å². The summed E-state index contributed by atoms with van der Waals surface area (Å²) in [5.41, 5.74) is 3.17. The zero-order valence-electron chi connectivity index (χ0n) is 17.0. The molecule has 0 aliphatic carbocycles. The molecule has 7 heteroatoms. The van der Waals surface area contributed by atoms with Gasteiger partial charge in [0.2, 0.25) is 5.89 Å². The van der Waals surface area contributed by atoms with Crippen LogP contribution >= 0.6 is 0 Å². The fraction of sp³-hybridized carbons (Fsp3) is 0.0400. The molecule has 7 nitrogen and oxygen atoms in total. The van der Waals surface area contributed by atoms with E-state index in [1.807, 2.05) is 42.5 Å². The third kappa shape index (κ3) is 3.35. The third-order valence-corrected chi connectivity index (χ3v) is 5.40. The van der Waals surface area contributed by atoms with Crippen molar-refractivity contribution in [2.24, 2.45) is 0 Å². The van der Waals surface area contributed by atoms with Gasteiger partial charge in [-0.25, -0.2) is 4.98 Å². The molecular formula is C25H17N3O4. The summed E-state index contributed by atoms with van der Waals surface area (Å²) >= 11 is 0. The number of rotatable bonds is 4. The highest BCUT2D eigenvalue weighted by molar-refractivity contribution is 6.06. The lowest BCUT2D eigenvalue weighted by Gasteiger charge is -2.08. The van der Waals surface area contributed by atoms with Crippen molar-refractivity contribution in [2.45, 2.75) is 6.92 Å². The van der Waals surface area contributed by atoms with E-state index in [1.165, 1.54) is 12.1 Å². The van der Waals surface area contributed by atoms with E-state index in [0.29, 0.717) is 28.3 Å². The number of carbonyl (C=O) groups is 1. The van der Waals surface area contributed by atoms with Gasteiger partial charge in [-0.05, 0) is 42.6 Å². The van der Waals surface area contributed by atoms with Crippen LogP contribution in [0.25, 0.3) is 33.3 Å². The Morgan fingerprint density at radius 1 is 1.00 bits per heavy atom. The molecule has 1 amide bonds. The summed E-state index contributed by atoms with van der Waals surface area (Å²) in [5.74, 6) is 0.0193. The fourth-order valence-corrected chi connectivity index (χ4v) is 3.78. The summed E-state index contributed by atoms with van der Waals surface area (Å²) in [7, 11) is 0. The molecule has 0 fully saturated rings. The van der Waals surface area contributed by atoms with E-state index in [4.69, 9.17) is 4.42 Å². The van der Waals surface area contributed by atoms with Crippen molar-refractivity contribution in [3.05, 3.63) is 100 Å². The molecular weight excluding hydrogens is 406 g/mol. The van der Waals surface area contributed by atoms with Crippen LogP contribution < -0.4 is 5.32 Å². The fourth-order valence-electron chi connectivity index (χ4n) is 3.78. The number of anilines is 1. The number of nitrogens with zero attached hydrogens (tertiary/aromatic N) is 2. The van der Waals surface area contributed by atoms with Crippen molar-refractivity contribution >= 4 is 39.2 Å². The molecule has 1 aromatic heterocycles. The number of fused-ring (bicyclic) bond motifs is 3. The molecule has 0 unspecified atom stereocenters. The normalized spacial score (nSPS) is 11.0. The van der Waals surface area contributed by atoms with Gasteiger partial charge in [0.15, 0.2) is 5.58 Å². The Morgan fingerprint density at radius 3 is 2.66 bits per heavy atom. The molecule has 32 heavy (non-hydrogen) atoms. The smallest absolute Gasteiger partial charge is 0.273 e. The molecule has 1 heterocycles. The summed E-state index contributed by atoms with van der Waals surface area (Å²) < 4.78 is 5.97. The average molecular weight is 423 g/mol. The highest BCUT2D eigenvalue weighted by Crippen LogP contribution is 2.31. The number of oxazole rings is 1. The summed E-state index contributed by atoms with van der Waals surface area (Å²) in [6.07, 6.45) is 0. The summed E-state index contributed by atoms with van der Waals surface area (Å²) in [5, 5.41) is 16.1. The monoisotopic (exact) mass is 423 g/mol. The second kappa shape index (κ2) is 7.63. The molecule has 4 aromatic carbocycles. The largest absolute Gasteiger partial charge is 0.436 e. The Bertz CT molecular complexity index is 1520. The Hall–Kier alpha value is -4.52. The van der Waals surface area contributed by atoms with E-state index < -0.39 is 10.8 Å². The van der Waals surface area contributed by atoms with Crippen molar-refractivity contribution in [3.8, 4) is 11.5 Å². The van der Waals surface area contributed by atoms with Crippen LogP contribution in [-0.4, -0.2) is 15.8 Å². The topological polar surface area (TPSA) is 98.3 Å². The summed E-state index contributed by atoms with van der Waals surface area (Å²) in [6.45, 7) is 1.56. The first-order valence-electron chi connectivity index (χ1n) is 9.95. The van der Waals surface area contributed by atoms with Crippen molar-refractivity contribution in [1.82, 2.24) is 4.98 Å². The van der Waals surface area contributed by atoms with Crippen LogP contribution in [0.4, 0.5) is 11.4 Å². The van der Waals surface area contributed by atoms with Crippen molar-refractivity contribution in [3.63, 3.8) is 0 Å². The quantitative estimate of drug-likeness (QED) is 0.277. The van der Waals surface area contributed by atoms with Gasteiger partial charge in [0.1, 0.15) is 5.52 Å². The Balaban J connectivity index is 1.48. The number of benzene rings is 4. The molecule has 0 atom stereocenters. The molecule has 156 valence electrons. The molecule has 0 saturated carbocycles. The standard InChI is InChI=1S/C25H17N3O4/c1-15-19(10-5-11-21(15)28(30)31)24(29)26-18-8-4-7-17(14-18)25-27-23-20-9-3-2-6-16(20)12-13-22(23)32-25/h2-14H,1H3,(H,26,29). The zero-order chi connectivity index (χ0) is 22.2. The lowest BCUT2D eigenvalue weighted by molar-refractivity contribution is -0.385. The predicted molar refractivity (Wildman–Crippen MR) is 123 cm³/mol. The molecule has 0 aliphatic rings. The predicted octanol–water partition coefficient (Wildman–Crippen LogP) is 6.12. The lowest BCUT2D eigenvalue weighted by Crippen LogP contribution is -2.14. The van der Waals surface area contributed by atoms with E-state index in [-0.39, 0.29) is 11.3 Å². The van der Waals surface area contributed by atoms with E-state index in [1.54, 1.807) is 31.2 Å². The maximum Gasteiger partial charge on any atom is 0.273 e. The second-order valence-electron chi connectivity index (χ2n) is 7.39. The van der Waals surface area contributed by atoms with Crippen molar-refractivity contribution in [1.29, 1.82) is 0 Å². The van der Waals surface area contributed by atoms with Crippen molar-refractivity contribution < 1.29 is 14.1 Å². The number of hydrogen-bond donors (Lipinski definition) is 1. The molecule has 5 aromatic rings. The highest BCUT2D eigenvalue weighted by atomic mass is 16.6. The first kappa shape index (κ1) is 19.4. The van der Waals surface area contributed by atoms with Gasteiger partial charge in [0.25, 0.3) is 11.6 Å². The number of nitrogens with one attached hydrogen (secondary N) is 1. The molecule has 0 spiro atoms. The van der Waals surface area contributed by atoms with Gasteiger partial charge in [-0.1, -0.05) is 42.5 Å². The molecule has 0 aliphatic heterocycles. The molecule has 1 N–H and O–H groups in total. The number of nitro groups is 1. The number of amides is 1.